The molecule has 1 heterocycles. The summed E-state index contributed by atoms with van der Waals surface area (Å²) >= 11 is 0. The van der Waals surface area contributed by atoms with Crippen LogP contribution in [-0.2, 0) is 13.0 Å². The first-order valence-electron chi connectivity index (χ1n) is 7.68. The van der Waals surface area contributed by atoms with Gasteiger partial charge < -0.3 is 5.73 Å². The van der Waals surface area contributed by atoms with Crippen LogP contribution in [0, 0.1) is 11.8 Å². The van der Waals surface area contributed by atoms with E-state index >= 15 is 0 Å². The second-order valence-electron chi connectivity index (χ2n) is 6.34. The molecule has 2 N–H and O–H groups in total. The molecule has 1 aliphatic heterocycles. The number of nitrogens with zero attached hydrogens (tertiary/aromatic N) is 1. The summed E-state index contributed by atoms with van der Waals surface area (Å²) in [7, 11) is 0. The first-order valence-corrected chi connectivity index (χ1v) is 7.68. The van der Waals surface area contributed by atoms with Crippen molar-refractivity contribution >= 4 is 0 Å². The minimum atomic E-state index is 0.644. The largest absolute Gasteiger partial charge is 0.330 e. The zero-order valence-electron chi connectivity index (χ0n) is 12.4. The van der Waals surface area contributed by atoms with E-state index in [9.17, 15) is 0 Å². The summed E-state index contributed by atoms with van der Waals surface area (Å²) in [6, 6.07) is 8.90. The number of benzene rings is 1. The van der Waals surface area contributed by atoms with Gasteiger partial charge in [-0.15, -0.1) is 0 Å². The van der Waals surface area contributed by atoms with Crippen LogP contribution >= 0.6 is 0 Å². The van der Waals surface area contributed by atoms with E-state index in [2.05, 4.69) is 43.0 Å². The third-order valence-electron chi connectivity index (χ3n) is 4.09. The fourth-order valence-electron chi connectivity index (χ4n) is 3.20. The van der Waals surface area contributed by atoms with Crippen LogP contribution in [0.4, 0.5) is 0 Å². The van der Waals surface area contributed by atoms with E-state index < -0.39 is 0 Å². The Morgan fingerprint density at radius 3 is 2.63 bits per heavy atom. The van der Waals surface area contributed by atoms with Gasteiger partial charge in [0, 0.05) is 13.1 Å². The molecule has 0 aromatic heterocycles. The summed E-state index contributed by atoms with van der Waals surface area (Å²) in [6.45, 7) is 8.87. The number of nitrogens with two attached hydrogens (primary N) is 1. The zero-order valence-corrected chi connectivity index (χ0v) is 12.4. The molecular weight excluding hydrogens is 232 g/mol. The molecule has 0 aliphatic carbocycles. The van der Waals surface area contributed by atoms with E-state index in [0.717, 1.165) is 25.6 Å². The minimum Gasteiger partial charge on any atom is -0.330 e. The molecule has 1 atom stereocenters. The molecule has 19 heavy (non-hydrogen) atoms. The Labute approximate surface area is 118 Å². The summed E-state index contributed by atoms with van der Waals surface area (Å²) < 4.78 is 0. The van der Waals surface area contributed by atoms with Gasteiger partial charge in [-0.1, -0.05) is 38.1 Å². The van der Waals surface area contributed by atoms with E-state index in [0.29, 0.717) is 5.92 Å². The van der Waals surface area contributed by atoms with Crippen molar-refractivity contribution in [2.24, 2.45) is 17.6 Å². The monoisotopic (exact) mass is 260 g/mol. The highest BCUT2D eigenvalue weighted by molar-refractivity contribution is 5.27. The normalized spacial score (nSPS) is 18.1. The van der Waals surface area contributed by atoms with Crippen LogP contribution in [-0.4, -0.2) is 24.5 Å². The lowest BCUT2D eigenvalue weighted by Crippen LogP contribution is -2.33. The van der Waals surface area contributed by atoms with Crippen molar-refractivity contribution in [1.29, 1.82) is 0 Å². The molecule has 0 amide bonds. The van der Waals surface area contributed by atoms with Crippen LogP contribution in [0.15, 0.2) is 24.3 Å². The second-order valence-corrected chi connectivity index (χ2v) is 6.34. The fraction of sp³-hybridized carbons (Fsp3) is 0.647. The van der Waals surface area contributed by atoms with Crippen molar-refractivity contribution in [3.8, 4) is 0 Å². The van der Waals surface area contributed by atoms with Gasteiger partial charge in [-0.2, -0.15) is 0 Å². The number of aryl methyl sites for hydroxylation is 1. The van der Waals surface area contributed by atoms with Gasteiger partial charge in [0.05, 0.1) is 0 Å². The molecule has 1 aromatic rings. The molecule has 0 spiro atoms. The average molecular weight is 260 g/mol. The first kappa shape index (κ1) is 14.5. The lowest BCUT2D eigenvalue weighted by molar-refractivity contribution is 0.212. The van der Waals surface area contributed by atoms with Gasteiger partial charge in [0.25, 0.3) is 0 Å². The van der Waals surface area contributed by atoms with E-state index in [4.69, 9.17) is 5.73 Å². The van der Waals surface area contributed by atoms with Crippen molar-refractivity contribution < 1.29 is 0 Å². The Morgan fingerprint density at radius 1 is 1.21 bits per heavy atom. The Bertz CT molecular complexity index is 387. The summed E-state index contributed by atoms with van der Waals surface area (Å²) in [4.78, 5) is 2.60. The van der Waals surface area contributed by atoms with Crippen molar-refractivity contribution in [1.82, 2.24) is 4.90 Å². The number of hydrogen-bond donors (Lipinski definition) is 1. The van der Waals surface area contributed by atoms with Crippen molar-refractivity contribution in [3.63, 3.8) is 0 Å². The van der Waals surface area contributed by atoms with Gasteiger partial charge in [-0.25, -0.2) is 0 Å². The molecule has 106 valence electrons. The Balaban J connectivity index is 1.98. The second kappa shape index (κ2) is 7.06. The quantitative estimate of drug-likeness (QED) is 0.881. The fourth-order valence-corrected chi connectivity index (χ4v) is 3.20. The predicted octanol–water partition coefficient (Wildman–Crippen LogP) is 3.06. The molecule has 1 unspecified atom stereocenters. The van der Waals surface area contributed by atoms with E-state index in [1.807, 2.05) is 0 Å². The lowest BCUT2D eigenvalue weighted by Gasteiger charge is -2.26. The highest BCUT2D eigenvalue weighted by Crippen LogP contribution is 2.20. The molecule has 0 saturated carbocycles. The zero-order chi connectivity index (χ0) is 13.7. The molecule has 0 saturated heterocycles. The van der Waals surface area contributed by atoms with Crippen LogP contribution in [0.3, 0.4) is 0 Å². The summed E-state index contributed by atoms with van der Waals surface area (Å²) in [5.41, 5.74) is 9.00. The van der Waals surface area contributed by atoms with Gasteiger partial charge in [-0.05, 0) is 55.3 Å². The van der Waals surface area contributed by atoms with Crippen molar-refractivity contribution in [2.45, 2.75) is 39.7 Å². The summed E-state index contributed by atoms with van der Waals surface area (Å²) in [5.74, 6) is 1.39. The average Bonchev–Trinajstić information content (AvgIpc) is 2.59. The minimum absolute atomic E-state index is 0.644. The van der Waals surface area contributed by atoms with E-state index in [1.54, 1.807) is 0 Å². The Morgan fingerprint density at radius 2 is 1.95 bits per heavy atom. The first-order chi connectivity index (χ1) is 9.19. The molecular formula is C17H28N2. The van der Waals surface area contributed by atoms with Crippen LogP contribution in [0.1, 0.15) is 37.8 Å². The van der Waals surface area contributed by atoms with Crippen LogP contribution in [0.2, 0.25) is 0 Å². The molecule has 0 bridgehead atoms. The highest BCUT2D eigenvalue weighted by atomic mass is 15.1. The maximum atomic E-state index is 5.95. The smallest absolute Gasteiger partial charge is 0.0236 e. The predicted molar refractivity (Wildman–Crippen MR) is 82.0 cm³/mol. The summed E-state index contributed by atoms with van der Waals surface area (Å²) in [5, 5.41) is 0. The molecule has 1 aliphatic rings. The van der Waals surface area contributed by atoms with E-state index in [1.165, 1.54) is 36.9 Å². The van der Waals surface area contributed by atoms with Crippen molar-refractivity contribution in [3.05, 3.63) is 35.4 Å². The third-order valence-corrected chi connectivity index (χ3v) is 4.09. The van der Waals surface area contributed by atoms with Gasteiger partial charge in [0.2, 0.25) is 0 Å². The number of rotatable bonds is 5. The van der Waals surface area contributed by atoms with Crippen LogP contribution in [0.25, 0.3) is 0 Å². The summed E-state index contributed by atoms with van der Waals surface area (Å²) in [6.07, 6.45) is 3.74. The molecule has 0 radical (unpaired) electrons. The standard InChI is InChI=1S/C17H28N2/c1-14(2)10-15(11-18)12-19-9-5-8-16-6-3-4-7-17(16)13-19/h3-4,6-7,14-15H,5,8-13,18H2,1-2H3. The topological polar surface area (TPSA) is 29.3 Å². The molecule has 1 aromatic carbocycles. The van der Waals surface area contributed by atoms with Gasteiger partial charge in [0.15, 0.2) is 0 Å². The van der Waals surface area contributed by atoms with Crippen LogP contribution < -0.4 is 5.73 Å². The van der Waals surface area contributed by atoms with Gasteiger partial charge in [-0.3, -0.25) is 4.90 Å². The molecule has 2 nitrogen and oxygen atoms in total. The van der Waals surface area contributed by atoms with Crippen LogP contribution in [0.5, 0.6) is 0 Å². The lowest BCUT2D eigenvalue weighted by atomic mass is 9.96. The molecule has 2 rings (SSSR count). The van der Waals surface area contributed by atoms with E-state index in [-0.39, 0.29) is 0 Å². The molecule has 2 heteroatoms. The molecule has 0 fully saturated rings. The SMILES string of the molecule is CC(C)CC(CN)CN1CCCc2ccccc2C1. The van der Waals surface area contributed by atoms with Crippen molar-refractivity contribution in [2.75, 3.05) is 19.6 Å². The Hall–Kier alpha value is -0.860. The highest BCUT2D eigenvalue weighted by Gasteiger charge is 2.18. The van der Waals surface area contributed by atoms with Gasteiger partial charge in [0.1, 0.15) is 0 Å². The maximum Gasteiger partial charge on any atom is 0.0236 e. The third kappa shape index (κ3) is 4.32. The Kier molecular flexibility index (Phi) is 5.41. The number of fused-ring (bicyclic) bond motifs is 1. The maximum absolute atomic E-state index is 5.95. The number of hydrogen-bond acceptors (Lipinski definition) is 2. The van der Waals surface area contributed by atoms with Gasteiger partial charge >= 0.3 is 0 Å².